The van der Waals surface area contributed by atoms with Gasteiger partial charge in [0.15, 0.2) is 0 Å². The Bertz CT molecular complexity index is 365. The Morgan fingerprint density at radius 3 is 2.82 bits per heavy atom. The number of carboxylic acids is 1. The van der Waals surface area contributed by atoms with Crippen molar-refractivity contribution < 1.29 is 14.7 Å². The summed E-state index contributed by atoms with van der Waals surface area (Å²) in [7, 11) is 0. The summed E-state index contributed by atoms with van der Waals surface area (Å²) in [6.07, 6.45) is 0.836. The first-order valence-electron chi connectivity index (χ1n) is 5.38. The molecule has 1 atom stereocenters. The highest BCUT2D eigenvalue weighted by Crippen LogP contribution is 2.22. The van der Waals surface area contributed by atoms with E-state index in [0.717, 1.165) is 4.88 Å². The van der Waals surface area contributed by atoms with Gasteiger partial charge in [-0.1, -0.05) is 6.07 Å². The number of carbonyl (C=O) groups excluding carboxylic acids is 1. The van der Waals surface area contributed by atoms with Gasteiger partial charge in [0.05, 0.1) is 12.5 Å². The van der Waals surface area contributed by atoms with Gasteiger partial charge < -0.3 is 16.2 Å². The molecule has 94 valence electrons. The maximum atomic E-state index is 11.5. The van der Waals surface area contributed by atoms with Gasteiger partial charge in [0.1, 0.15) is 0 Å². The van der Waals surface area contributed by atoms with Crippen molar-refractivity contribution in [2.75, 3.05) is 6.54 Å². The van der Waals surface area contributed by atoms with Crippen LogP contribution >= 0.6 is 11.3 Å². The molecule has 0 aliphatic carbocycles. The first kappa shape index (κ1) is 13.7. The minimum atomic E-state index is -0.928. The van der Waals surface area contributed by atoms with Crippen molar-refractivity contribution in [2.24, 2.45) is 5.73 Å². The second-order valence-corrected chi connectivity index (χ2v) is 4.60. The van der Waals surface area contributed by atoms with Gasteiger partial charge in [0.25, 0.3) is 0 Å². The summed E-state index contributed by atoms with van der Waals surface area (Å²) in [6, 6.07) is 3.21. The van der Waals surface area contributed by atoms with Crippen LogP contribution in [0, 0.1) is 0 Å². The number of thiophene rings is 1. The SMILES string of the molecule is NCCCC(=O)NC(CC(=O)O)c1cccs1. The monoisotopic (exact) mass is 256 g/mol. The quantitative estimate of drug-likeness (QED) is 0.681. The molecule has 0 spiro atoms. The van der Waals surface area contributed by atoms with Crippen LogP contribution in [-0.2, 0) is 9.59 Å². The van der Waals surface area contributed by atoms with Crippen LogP contribution in [0.5, 0.6) is 0 Å². The third kappa shape index (κ3) is 4.97. The van der Waals surface area contributed by atoms with Gasteiger partial charge in [0.2, 0.25) is 5.91 Å². The van der Waals surface area contributed by atoms with E-state index in [2.05, 4.69) is 5.32 Å². The Kier molecular flexibility index (Phi) is 5.65. The molecule has 0 radical (unpaired) electrons. The van der Waals surface area contributed by atoms with E-state index in [-0.39, 0.29) is 12.3 Å². The van der Waals surface area contributed by atoms with Crippen LogP contribution in [0.3, 0.4) is 0 Å². The van der Waals surface area contributed by atoms with Crippen LogP contribution in [0.4, 0.5) is 0 Å². The van der Waals surface area contributed by atoms with E-state index in [9.17, 15) is 9.59 Å². The number of aliphatic carboxylic acids is 1. The van der Waals surface area contributed by atoms with Crippen molar-refractivity contribution >= 4 is 23.2 Å². The van der Waals surface area contributed by atoms with Crippen LogP contribution in [0.15, 0.2) is 17.5 Å². The van der Waals surface area contributed by atoms with Gasteiger partial charge in [-0.2, -0.15) is 0 Å². The Morgan fingerprint density at radius 1 is 1.53 bits per heavy atom. The smallest absolute Gasteiger partial charge is 0.305 e. The average Bonchev–Trinajstić information content (AvgIpc) is 2.78. The minimum absolute atomic E-state index is 0.102. The van der Waals surface area contributed by atoms with Crippen LogP contribution in [0.25, 0.3) is 0 Å². The van der Waals surface area contributed by atoms with Crippen molar-refractivity contribution in [3.05, 3.63) is 22.4 Å². The number of nitrogens with one attached hydrogen (secondary N) is 1. The number of carboxylic acid groups (broad SMARTS) is 1. The second-order valence-electron chi connectivity index (χ2n) is 3.63. The molecule has 6 heteroatoms. The lowest BCUT2D eigenvalue weighted by Gasteiger charge is -2.15. The highest BCUT2D eigenvalue weighted by atomic mass is 32.1. The summed E-state index contributed by atoms with van der Waals surface area (Å²) < 4.78 is 0. The molecule has 1 unspecified atom stereocenters. The summed E-state index contributed by atoms with van der Waals surface area (Å²) in [5, 5.41) is 13.4. The van der Waals surface area contributed by atoms with Gasteiger partial charge in [-0.15, -0.1) is 11.3 Å². The first-order valence-corrected chi connectivity index (χ1v) is 6.26. The Morgan fingerprint density at radius 2 is 2.29 bits per heavy atom. The molecule has 0 saturated heterocycles. The Labute approximate surface area is 104 Å². The minimum Gasteiger partial charge on any atom is -0.481 e. The molecular weight excluding hydrogens is 240 g/mol. The fourth-order valence-corrected chi connectivity index (χ4v) is 2.19. The number of nitrogens with two attached hydrogens (primary N) is 1. The van der Waals surface area contributed by atoms with Gasteiger partial charge >= 0.3 is 5.97 Å². The summed E-state index contributed by atoms with van der Waals surface area (Å²) in [5.74, 6) is -1.09. The second kappa shape index (κ2) is 7.03. The highest BCUT2D eigenvalue weighted by Gasteiger charge is 2.18. The van der Waals surface area contributed by atoms with Gasteiger partial charge in [-0.25, -0.2) is 0 Å². The molecule has 0 aliphatic rings. The normalized spacial score (nSPS) is 12.1. The predicted octanol–water partition coefficient (Wildman–Crippen LogP) is 1.12. The van der Waals surface area contributed by atoms with Crippen molar-refractivity contribution in [3.63, 3.8) is 0 Å². The van der Waals surface area contributed by atoms with E-state index < -0.39 is 12.0 Å². The molecule has 1 rings (SSSR count). The predicted molar refractivity (Wildman–Crippen MR) is 65.7 cm³/mol. The molecule has 0 aromatic carbocycles. The Hall–Kier alpha value is -1.40. The van der Waals surface area contributed by atoms with Crippen LogP contribution in [0.1, 0.15) is 30.2 Å². The van der Waals surface area contributed by atoms with E-state index in [1.165, 1.54) is 11.3 Å². The van der Waals surface area contributed by atoms with Gasteiger partial charge in [-0.05, 0) is 24.4 Å². The number of hydrogen-bond acceptors (Lipinski definition) is 4. The van der Waals surface area contributed by atoms with Crippen LogP contribution in [0.2, 0.25) is 0 Å². The maximum Gasteiger partial charge on any atom is 0.305 e. The molecule has 0 fully saturated rings. The summed E-state index contributed by atoms with van der Waals surface area (Å²) in [6.45, 7) is 0.454. The summed E-state index contributed by atoms with van der Waals surface area (Å²) in [4.78, 5) is 23.1. The van der Waals surface area contributed by atoms with Crippen molar-refractivity contribution in [3.8, 4) is 0 Å². The standard InChI is InChI=1S/C11H16N2O3S/c12-5-1-4-10(14)13-8(7-11(15)16)9-3-2-6-17-9/h2-3,6,8H,1,4-5,7,12H2,(H,13,14)(H,15,16). The molecule has 0 aliphatic heterocycles. The number of rotatable bonds is 7. The van der Waals surface area contributed by atoms with E-state index in [0.29, 0.717) is 19.4 Å². The summed E-state index contributed by atoms with van der Waals surface area (Å²) >= 11 is 1.44. The highest BCUT2D eigenvalue weighted by molar-refractivity contribution is 7.10. The average molecular weight is 256 g/mol. The van der Waals surface area contributed by atoms with Gasteiger partial charge in [-0.3, -0.25) is 9.59 Å². The van der Waals surface area contributed by atoms with Gasteiger partial charge in [0, 0.05) is 11.3 Å². The fourth-order valence-electron chi connectivity index (χ4n) is 1.42. The van der Waals surface area contributed by atoms with E-state index in [1.54, 1.807) is 0 Å². The molecule has 0 bridgehead atoms. The lowest BCUT2D eigenvalue weighted by molar-refractivity contribution is -0.137. The lowest BCUT2D eigenvalue weighted by Crippen LogP contribution is -2.29. The lowest BCUT2D eigenvalue weighted by atomic mass is 10.1. The largest absolute Gasteiger partial charge is 0.481 e. The molecule has 1 heterocycles. The number of hydrogen-bond donors (Lipinski definition) is 3. The molecule has 4 N–H and O–H groups in total. The number of carbonyl (C=O) groups is 2. The summed E-state index contributed by atoms with van der Waals surface area (Å²) in [5.41, 5.74) is 5.31. The van der Waals surface area contributed by atoms with Crippen molar-refractivity contribution in [1.29, 1.82) is 0 Å². The Balaban J connectivity index is 2.58. The van der Waals surface area contributed by atoms with E-state index in [4.69, 9.17) is 10.8 Å². The molecule has 0 saturated carbocycles. The van der Waals surface area contributed by atoms with Crippen molar-refractivity contribution in [2.45, 2.75) is 25.3 Å². The third-order valence-electron chi connectivity index (χ3n) is 2.21. The zero-order valence-corrected chi connectivity index (χ0v) is 10.2. The molecule has 1 aromatic rings. The third-order valence-corrected chi connectivity index (χ3v) is 3.19. The zero-order chi connectivity index (χ0) is 12.7. The van der Waals surface area contributed by atoms with E-state index in [1.807, 2.05) is 17.5 Å². The molecule has 5 nitrogen and oxygen atoms in total. The van der Waals surface area contributed by atoms with Crippen LogP contribution < -0.4 is 11.1 Å². The van der Waals surface area contributed by atoms with Crippen LogP contribution in [-0.4, -0.2) is 23.5 Å². The topological polar surface area (TPSA) is 92.4 Å². The zero-order valence-electron chi connectivity index (χ0n) is 9.39. The molecule has 17 heavy (non-hydrogen) atoms. The molecular formula is C11H16N2O3S. The number of amides is 1. The first-order chi connectivity index (χ1) is 8.13. The fraction of sp³-hybridized carbons (Fsp3) is 0.455. The molecule has 1 aromatic heterocycles. The molecule has 1 amide bonds. The maximum absolute atomic E-state index is 11.5. The van der Waals surface area contributed by atoms with E-state index >= 15 is 0 Å². The van der Waals surface area contributed by atoms with Crippen molar-refractivity contribution in [1.82, 2.24) is 5.32 Å².